The number of aromatic amines is 6. The summed E-state index contributed by atoms with van der Waals surface area (Å²) < 4.78 is 134. The number of halogens is 5. The van der Waals surface area contributed by atoms with E-state index in [2.05, 4.69) is 71.5 Å². The van der Waals surface area contributed by atoms with E-state index in [4.69, 9.17) is 9.47 Å². The zero-order valence-corrected chi connectivity index (χ0v) is 58.8. The lowest BCUT2D eigenvalue weighted by molar-refractivity contribution is -0.137. The molecule has 6 N–H and O–H groups in total. The number of nitrogens with zero attached hydrogens (tertiary/aromatic N) is 6. The number of carbonyl (C=O) groups is 1. The summed E-state index contributed by atoms with van der Waals surface area (Å²) in [5, 5.41) is 25.1. The highest BCUT2D eigenvalue weighted by Crippen LogP contribution is 2.51. The number of aryl methyl sites for hydroxylation is 6. The van der Waals surface area contributed by atoms with Crippen molar-refractivity contribution in [2.75, 3.05) is 47.4 Å². The van der Waals surface area contributed by atoms with Crippen LogP contribution in [0, 0.1) is 11.6 Å². The Labute approximate surface area is 584 Å². The maximum Gasteiger partial charge on any atom is 0.416 e. The lowest BCUT2D eigenvalue weighted by Crippen LogP contribution is -2.34. The van der Waals surface area contributed by atoms with E-state index in [-0.39, 0.29) is 29.3 Å². The molecule has 18 rings (SSSR count). The third-order valence-corrected chi connectivity index (χ3v) is 24.8. The van der Waals surface area contributed by atoms with Crippen molar-refractivity contribution in [3.8, 4) is 45.7 Å². The van der Waals surface area contributed by atoms with Gasteiger partial charge in [0.25, 0.3) is 26.0 Å². The molecule has 19 nitrogen and oxygen atoms in total. The SMILES string of the molecule is CC1(C)CN(S(=O)(=O)c2cc(F)cc(F)c2)c2cc3c4c([nH]c3cc21)-c1[nH]ncc1CCC4.CC1(C)CN(S(=O)(=O)c2ccc(C(F)(F)F)cc2)c2cc3c4c([nH]c3cc21)-c1[nH]ncc1CCC4.COc1ccc(C(=O)N2CC(C)(C)c3cc4[nH]c5c(c4cc32)CCCc2cn[nH]c2-5)cc1OC. The first-order valence-corrected chi connectivity index (χ1v) is 36.8. The summed E-state index contributed by atoms with van der Waals surface area (Å²) >= 11 is 0. The molecule has 6 aromatic heterocycles. The monoisotopic (exact) mass is 1420 g/mol. The van der Waals surface area contributed by atoms with Crippen LogP contribution in [0.4, 0.5) is 39.0 Å². The number of benzene rings is 6. The van der Waals surface area contributed by atoms with Gasteiger partial charge in [-0.25, -0.2) is 25.6 Å². The molecule has 0 unspecified atom stereocenters. The van der Waals surface area contributed by atoms with Gasteiger partial charge >= 0.3 is 6.18 Å². The molecule has 26 heteroatoms. The van der Waals surface area contributed by atoms with Crippen LogP contribution in [0.3, 0.4) is 0 Å². The number of alkyl halides is 3. The number of H-pyrrole nitrogens is 6. The average molecular weight is 1430 g/mol. The molecule has 3 aliphatic carbocycles. The molecule has 6 aliphatic rings. The first-order chi connectivity index (χ1) is 48.5. The van der Waals surface area contributed by atoms with Crippen molar-refractivity contribution in [2.45, 2.75) is 132 Å². The predicted molar refractivity (Wildman–Crippen MR) is 381 cm³/mol. The van der Waals surface area contributed by atoms with Crippen molar-refractivity contribution < 1.29 is 53.1 Å². The number of nitrogens with one attached hydrogen (secondary N) is 6. The molecule has 6 aromatic carbocycles. The van der Waals surface area contributed by atoms with E-state index in [1.165, 1.54) is 30.7 Å². The zero-order chi connectivity index (χ0) is 71.5. The Morgan fingerprint density at radius 3 is 1.29 bits per heavy atom. The van der Waals surface area contributed by atoms with Gasteiger partial charge in [-0.1, -0.05) is 41.5 Å². The molecule has 0 fully saturated rings. The standard InChI is InChI=1S/C27H28N4O3.C25H23F3N4O2S.C24H22F2N4O2S/c1-27(2)14-31(26(32)15-8-9-22(33-3)23(10-15)34-4)21-11-18-17-7-5-6-16-13-28-30-24(16)25(17)29-20(18)12-19(21)27;1-24(2)13-32(35(33,34)16-8-6-15(7-9-16)25(26,27)28)21-10-18-17-5-3-4-14-12-29-31-22(14)23(17)30-20(18)11-19(21)24;1-24(2)12-30(33(31,32)16-7-14(25)6-15(26)8-16)21-9-18-17-5-3-4-13-11-27-29-22(13)23(17)28-20(18)10-19(21)24/h8-13,29H,5-7,14H2,1-4H3,(H,28,30);6-12,30H,3-5,13H2,1-2H3,(H,29,31);6-11,28H,3-5,12H2,1-2H3,(H,27,29). The third kappa shape index (κ3) is 10.8. The van der Waals surface area contributed by atoms with Crippen molar-refractivity contribution in [1.82, 2.24) is 45.5 Å². The number of anilines is 3. The largest absolute Gasteiger partial charge is 0.493 e. The first-order valence-electron chi connectivity index (χ1n) is 33.9. The minimum atomic E-state index is -4.53. The highest BCUT2D eigenvalue weighted by Gasteiger charge is 2.45. The summed E-state index contributed by atoms with van der Waals surface area (Å²) in [7, 11) is -5.05. The lowest BCUT2D eigenvalue weighted by atomic mass is 9.86. The summed E-state index contributed by atoms with van der Waals surface area (Å²) in [4.78, 5) is 25.8. The smallest absolute Gasteiger partial charge is 0.416 e. The second-order valence-corrected chi connectivity index (χ2v) is 33.0. The molecular weight excluding hydrogens is 1350 g/mol. The van der Waals surface area contributed by atoms with Gasteiger partial charge in [-0.15, -0.1) is 0 Å². The Morgan fingerprint density at radius 2 is 0.873 bits per heavy atom. The van der Waals surface area contributed by atoms with Gasteiger partial charge in [0.1, 0.15) is 11.6 Å². The van der Waals surface area contributed by atoms with Gasteiger partial charge in [0.05, 0.1) is 93.7 Å². The number of fused-ring (bicyclic) bond motifs is 18. The van der Waals surface area contributed by atoms with E-state index in [1.807, 2.05) is 75.5 Å². The third-order valence-electron chi connectivity index (χ3n) is 21.3. The van der Waals surface area contributed by atoms with Crippen molar-refractivity contribution in [3.05, 3.63) is 188 Å². The van der Waals surface area contributed by atoms with Crippen LogP contribution >= 0.6 is 0 Å². The molecule has 1 amide bonds. The van der Waals surface area contributed by atoms with Crippen LogP contribution in [-0.2, 0) is 81.0 Å². The maximum absolute atomic E-state index is 13.8. The summed E-state index contributed by atoms with van der Waals surface area (Å²) in [6.45, 7) is 13.3. The summed E-state index contributed by atoms with van der Waals surface area (Å²) in [5.41, 5.74) is 19.7. The fourth-order valence-electron chi connectivity index (χ4n) is 16.2. The summed E-state index contributed by atoms with van der Waals surface area (Å²) in [5.74, 6) is -0.724. The Hall–Kier alpha value is -10.2. The molecule has 526 valence electrons. The normalized spacial score (nSPS) is 16.8. The number of amides is 1. The number of hydrogen-bond donors (Lipinski definition) is 6. The number of ether oxygens (including phenoxy) is 2. The van der Waals surface area contributed by atoms with Gasteiger partial charge in [-0.3, -0.25) is 28.7 Å². The molecule has 0 saturated carbocycles. The molecule has 0 atom stereocenters. The summed E-state index contributed by atoms with van der Waals surface area (Å²) in [6.07, 6.45) is 9.59. The zero-order valence-electron chi connectivity index (χ0n) is 57.2. The second kappa shape index (κ2) is 23.7. The minimum Gasteiger partial charge on any atom is -0.493 e. The van der Waals surface area contributed by atoms with Crippen molar-refractivity contribution in [1.29, 1.82) is 0 Å². The fraction of sp³-hybridized carbons (Fsp3) is 0.316. The molecule has 12 aromatic rings. The number of aromatic nitrogens is 9. The first kappa shape index (κ1) is 66.3. The van der Waals surface area contributed by atoms with Crippen LogP contribution < -0.4 is 23.0 Å². The van der Waals surface area contributed by atoms with Crippen molar-refractivity contribution in [2.24, 2.45) is 0 Å². The molecule has 3 aliphatic heterocycles. The van der Waals surface area contributed by atoms with E-state index >= 15 is 0 Å². The Bertz CT molecular complexity index is 5660. The number of sulfonamides is 2. The van der Waals surface area contributed by atoms with Gasteiger partial charge in [-0.05, 0) is 199 Å². The Kier molecular flexibility index (Phi) is 15.4. The van der Waals surface area contributed by atoms with Crippen LogP contribution in [0.25, 0.3) is 66.9 Å². The lowest BCUT2D eigenvalue weighted by Gasteiger charge is -2.22. The molecule has 9 heterocycles. The molecule has 0 spiro atoms. The van der Waals surface area contributed by atoms with E-state index in [1.54, 1.807) is 32.4 Å². The number of hydrogen-bond acceptors (Lipinski definition) is 10. The molecule has 0 bridgehead atoms. The molecule has 102 heavy (non-hydrogen) atoms. The van der Waals surface area contributed by atoms with Crippen molar-refractivity contribution in [3.63, 3.8) is 0 Å². The van der Waals surface area contributed by atoms with Gasteiger partial charge in [0.15, 0.2) is 11.5 Å². The minimum absolute atomic E-state index is 0.0374. The van der Waals surface area contributed by atoms with E-state index in [9.17, 15) is 43.6 Å². The maximum atomic E-state index is 13.8. The number of carbonyl (C=O) groups excluding carboxylic acids is 1. The summed E-state index contributed by atoms with van der Waals surface area (Å²) in [6, 6.07) is 23.7. The highest BCUT2D eigenvalue weighted by molar-refractivity contribution is 7.93. The average Bonchev–Trinajstić information content (AvgIpc) is 1.58. The van der Waals surface area contributed by atoms with Crippen LogP contribution in [0.1, 0.15) is 127 Å². The molecule has 0 radical (unpaired) electrons. The number of rotatable bonds is 7. The van der Waals surface area contributed by atoms with Crippen LogP contribution in [0.15, 0.2) is 125 Å². The predicted octanol–water partition coefficient (Wildman–Crippen LogP) is 15.4. The van der Waals surface area contributed by atoms with Gasteiger partial charge in [-0.2, -0.15) is 28.5 Å². The fourth-order valence-corrected chi connectivity index (χ4v) is 19.5. The quantitative estimate of drug-likeness (QED) is 0.0824. The number of methoxy groups -OCH3 is 2. The molecular formula is C76H73F5N12O7S2. The van der Waals surface area contributed by atoms with Crippen molar-refractivity contribution >= 4 is 75.7 Å². The van der Waals surface area contributed by atoms with Gasteiger partial charge in [0, 0.05) is 85.9 Å². The Balaban J connectivity index is 0.000000118. The van der Waals surface area contributed by atoms with Crippen LogP contribution in [0.2, 0.25) is 0 Å². The van der Waals surface area contributed by atoms with E-state index in [0.29, 0.717) is 41.0 Å². The van der Waals surface area contributed by atoms with Crippen LogP contribution in [-0.4, -0.2) is 102 Å². The Morgan fingerprint density at radius 1 is 0.471 bits per heavy atom. The van der Waals surface area contributed by atoms with Gasteiger partial charge < -0.3 is 29.3 Å². The molecule has 0 saturated heterocycles. The van der Waals surface area contributed by atoms with Gasteiger partial charge in [0.2, 0.25) is 0 Å². The topological polar surface area (TPSA) is 247 Å². The van der Waals surface area contributed by atoms with Crippen LogP contribution in [0.5, 0.6) is 11.5 Å². The van der Waals surface area contributed by atoms with E-state index < -0.39 is 59.1 Å². The van der Waals surface area contributed by atoms with E-state index in [0.717, 1.165) is 195 Å². The highest BCUT2D eigenvalue weighted by atomic mass is 32.2. The second-order valence-electron chi connectivity index (χ2n) is 29.3.